The number of ketones is 1. The molecule has 0 amide bonds. The van der Waals surface area contributed by atoms with Crippen molar-refractivity contribution in [3.63, 3.8) is 0 Å². The average molecular weight is 220 g/mol. The van der Waals surface area contributed by atoms with E-state index in [1.54, 1.807) is 0 Å². The van der Waals surface area contributed by atoms with Crippen molar-refractivity contribution in [1.29, 1.82) is 0 Å². The number of hydrogen-bond donors (Lipinski definition) is 0. The number of rotatable bonds is 10. The van der Waals surface area contributed by atoms with Crippen molar-refractivity contribution in [2.75, 3.05) is 26.8 Å². The monoisotopic (exact) mass is 220 g/mol. The minimum atomic E-state index is -0.583. The van der Waals surface area contributed by atoms with E-state index in [1.165, 1.54) is 6.92 Å². The van der Waals surface area contributed by atoms with Gasteiger partial charge in [0.05, 0.1) is 6.42 Å². The maximum Gasteiger partial charge on any atom is 0.170 e. The van der Waals surface area contributed by atoms with Crippen LogP contribution < -0.4 is 0 Å². The fourth-order valence-electron chi connectivity index (χ4n) is 0.815. The lowest BCUT2D eigenvalue weighted by molar-refractivity contribution is -0.227. The third kappa shape index (κ3) is 9.81. The van der Waals surface area contributed by atoms with E-state index in [-0.39, 0.29) is 25.8 Å². The summed E-state index contributed by atoms with van der Waals surface area (Å²) in [4.78, 5) is 10.9. The van der Waals surface area contributed by atoms with Gasteiger partial charge in [-0.15, -0.1) is 0 Å². The lowest BCUT2D eigenvalue weighted by Crippen LogP contribution is -2.23. The van der Waals surface area contributed by atoms with Crippen LogP contribution in [-0.4, -0.2) is 38.9 Å². The molecule has 5 nitrogen and oxygen atoms in total. The number of carbonyl (C=O) groups excluding carboxylic acids is 1. The Balaban J connectivity index is 3.68. The van der Waals surface area contributed by atoms with E-state index in [9.17, 15) is 4.79 Å². The molecule has 0 aromatic rings. The lowest BCUT2D eigenvalue weighted by Gasteiger charge is -2.16. The van der Waals surface area contributed by atoms with Crippen molar-refractivity contribution in [2.24, 2.45) is 0 Å². The number of ether oxygens (including phenoxy) is 4. The molecule has 0 atom stereocenters. The van der Waals surface area contributed by atoms with E-state index in [0.717, 1.165) is 0 Å². The molecule has 0 aliphatic heterocycles. The molecule has 90 valence electrons. The Morgan fingerprint density at radius 2 is 1.53 bits per heavy atom. The van der Waals surface area contributed by atoms with Crippen molar-refractivity contribution in [2.45, 2.75) is 33.5 Å². The number of hydrogen-bond acceptors (Lipinski definition) is 5. The summed E-state index contributed by atoms with van der Waals surface area (Å²) in [5, 5.41) is 0. The molecule has 15 heavy (non-hydrogen) atoms. The van der Waals surface area contributed by atoms with Crippen LogP contribution in [0.4, 0.5) is 0 Å². The minimum absolute atomic E-state index is 0.00740. The highest BCUT2D eigenvalue weighted by Gasteiger charge is 2.12. The molecule has 0 aliphatic rings. The van der Waals surface area contributed by atoms with E-state index >= 15 is 0 Å². The summed E-state index contributed by atoms with van der Waals surface area (Å²) in [6, 6.07) is 0. The molecular weight excluding hydrogens is 200 g/mol. The Labute approximate surface area is 90.6 Å². The first kappa shape index (κ1) is 14.5. The van der Waals surface area contributed by atoms with Gasteiger partial charge >= 0.3 is 0 Å². The molecule has 0 bridgehead atoms. The Morgan fingerprint density at radius 3 is 1.87 bits per heavy atom. The second kappa shape index (κ2) is 10.0. The van der Waals surface area contributed by atoms with Gasteiger partial charge in [0.15, 0.2) is 6.29 Å². The van der Waals surface area contributed by atoms with Crippen LogP contribution in [0.3, 0.4) is 0 Å². The average Bonchev–Trinajstić information content (AvgIpc) is 2.17. The lowest BCUT2D eigenvalue weighted by atomic mass is 10.3. The normalized spacial score (nSPS) is 10.9. The van der Waals surface area contributed by atoms with Gasteiger partial charge in [-0.2, -0.15) is 0 Å². The van der Waals surface area contributed by atoms with Crippen LogP contribution in [0.25, 0.3) is 0 Å². The van der Waals surface area contributed by atoms with Gasteiger partial charge in [-0.05, 0) is 20.8 Å². The first-order chi connectivity index (χ1) is 7.20. The van der Waals surface area contributed by atoms with Gasteiger partial charge in [-0.1, -0.05) is 0 Å². The van der Waals surface area contributed by atoms with Gasteiger partial charge in [0.1, 0.15) is 19.4 Å². The summed E-state index contributed by atoms with van der Waals surface area (Å²) in [6.45, 7) is 6.60. The Kier molecular flexibility index (Phi) is 9.71. The molecule has 0 aliphatic carbocycles. The Morgan fingerprint density at radius 1 is 1.07 bits per heavy atom. The molecule has 0 aromatic heterocycles. The van der Waals surface area contributed by atoms with Crippen LogP contribution in [0.5, 0.6) is 0 Å². The van der Waals surface area contributed by atoms with E-state index in [2.05, 4.69) is 0 Å². The quantitative estimate of drug-likeness (QED) is 0.410. The highest BCUT2D eigenvalue weighted by molar-refractivity contribution is 5.75. The highest BCUT2D eigenvalue weighted by atomic mass is 16.8. The summed E-state index contributed by atoms with van der Waals surface area (Å²) >= 11 is 0. The molecular formula is C10H20O5. The first-order valence-corrected chi connectivity index (χ1v) is 5.08. The zero-order chi connectivity index (χ0) is 11.5. The largest absolute Gasteiger partial charge is 0.356 e. The van der Waals surface area contributed by atoms with Crippen LogP contribution in [-0.2, 0) is 23.7 Å². The van der Waals surface area contributed by atoms with Crippen LogP contribution in [0.2, 0.25) is 0 Å². The van der Waals surface area contributed by atoms with Crippen LogP contribution in [0.15, 0.2) is 0 Å². The molecule has 0 N–H and O–H groups in total. The van der Waals surface area contributed by atoms with Crippen molar-refractivity contribution in [3.8, 4) is 0 Å². The maximum absolute atomic E-state index is 10.9. The first-order valence-electron chi connectivity index (χ1n) is 5.08. The predicted molar refractivity (Wildman–Crippen MR) is 54.2 cm³/mol. The summed E-state index contributed by atoms with van der Waals surface area (Å²) < 4.78 is 20.4. The molecule has 0 saturated heterocycles. The molecule has 0 aromatic carbocycles. The van der Waals surface area contributed by atoms with Crippen molar-refractivity contribution in [1.82, 2.24) is 0 Å². The Bertz CT molecular complexity index is 150. The van der Waals surface area contributed by atoms with E-state index in [4.69, 9.17) is 18.9 Å². The van der Waals surface area contributed by atoms with Gasteiger partial charge in [-0.3, -0.25) is 4.79 Å². The van der Waals surface area contributed by atoms with Crippen LogP contribution in [0, 0.1) is 0 Å². The molecule has 0 radical (unpaired) electrons. The maximum atomic E-state index is 10.9. The van der Waals surface area contributed by atoms with Crippen molar-refractivity contribution >= 4 is 5.78 Å². The molecule has 0 rings (SSSR count). The summed E-state index contributed by atoms with van der Waals surface area (Å²) in [5.74, 6) is 0.00740. The van der Waals surface area contributed by atoms with E-state index < -0.39 is 6.29 Å². The molecule has 0 saturated carbocycles. The minimum Gasteiger partial charge on any atom is -0.356 e. The molecule has 5 heteroatoms. The van der Waals surface area contributed by atoms with E-state index in [1.807, 2.05) is 13.8 Å². The smallest absolute Gasteiger partial charge is 0.170 e. The van der Waals surface area contributed by atoms with Gasteiger partial charge < -0.3 is 18.9 Å². The molecule has 0 heterocycles. The summed E-state index contributed by atoms with van der Waals surface area (Å²) in [6.07, 6.45) is -0.374. The van der Waals surface area contributed by atoms with Gasteiger partial charge in [0, 0.05) is 13.2 Å². The molecule has 0 fully saturated rings. The Hall–Kier alpha value is -0.490. The standard InChI is InChI=1S/C10H20O5/c1-4-12-7-14-10(6-9(3)11)15-8-13-5-2/h10H,4-8H2,1-3H3. The fraction of sp³-hybridized carbons (Fsp3) is 0.900. The molecule has 0 unspecified atom stereocenters. The van der Waals surface area contributed by atoms with Gasteiger partial charge in [0.25, 0.3) is 0 Å². The fourth-order valence-corrected chi connectivity index (χ4v) is 0.815. The topological polar surface area (TPSA) is 54.0 Å². The number of carbonyl (C=O) groups is 1. The van der Waals surface area contributed by atoms with Gasteiger partial charge in [0.2, 0.25) is 0 Å². The molecule has 0 spiro atoms. The summed E-state index contributed by atoms with van der Waals surface area (Å²) in [5.41, 5.74) is 0. The van der Waals surface area contributed by atoms with Crippen molar-refractivity contribution in [3.05, 3.63) is 0 Å². The second-order valence-electron chi connectivity index (χ2n) is 2.89. The third-order valence-electron chi connectivity index (χ3n) is 1.54. The second-order valence-corrected chi connectivity index (χ2v) is 2.89. The highest BCUT2D eigenvalue weighted by Crippen LogP contribution is 2.02. The zero-order valence-electron chi connectivity index (χ0n) is 9.65. The van der Waals surface area contributed by atoms with Crippen molar-refractivity contribution < 1.29 is 23.7 Å². The van der Waals surface area contributed by atoms with Crippen LogP contribution >= 0.6 is 0 Å². The third-order valence-corrected chi connectivity index (χ3v) is 1.54. The van der Waals surface area contributed by atoms with Gasteiger partial charge in [-0.25, -0.2) is 0 Å². The van der Waals surface area contributed by atoms with Crippen LogP contribution in [0.1, 0.15) is 27.2 Å². The van der Waals surface area contributed by atoms with E-state index in [0.29, 0.717) is 13.2 Å². The number of Topliss-reactive ketones (excluding diaryl/α,β-unsaturated/α-hetero) is 1. The predicted octanol–water partition coefficient (Wildman–Crippen LogP) is 1.31. The zero-order valence-corrected chi connectivity index (χ0v) is 9.65. The SMILES string of the molecule is CCOCOC(CC(C)=O)OCOCC. The summed E-state index contributed by atoms with van der Waals surface area (Å²) in [7, 11) is 0.